The van der Waals surface area contributed by atoms with Crippen LogP contribution in [0.25, 0.3) is 0 Å². The minimum absolute atomic E-state index is 0.0709. The second-order valence-corrected chi connectivity index (χ2v) is 5.50. The van der Waals surface area contributed by atoms with E-state index in [2.05, 4.69) is 18.7 Å². The number of hydrogen-bond acceptors (Lipinski definition) is 2. The molecule has 0 aromatic carbocycles. The zero-order valence-corrected chi connectivity index (χ0v) is 13.2. The maximum absolute atomic E-state index is 11.4. The summed E-state index contributed by atoms with van der Waals surface area (Å²) in [5.74, 6) is -0.191. The van der Waals surface area contributed by atoms with Crippen molar-refractivity contribution in [2.24, 2.45) is 0 Å². The van der Waals surface area contributed by atoms with E-state index in [1.165, 1.54) is 44.9 Å². The van der Waals surface area contributed by atoms with Crippen LogP contribution < -0.4 is 0 Å². The first-order chi connectivity index (χ1) is 10.2. The van der Waals surface area contributed by atoms with Crippen LogP contribution >= 0.6 is 0 Å². The molecule has 0 aromatic rings. The highest BCUT2D eigenvalue weighted by Crippen LogP contribution is 2.15. The number of carbonyl (C=O) groups is 1. The summed E-state index contributed by atoms with van der Waals surface area (Å²) in [6.45, 7) is 5.54. The van der Waals surface area contributed by atoms with E-state index in [-0.39, 0.29) is 12.1 Å². The van der Waals surface area contributed by atoms with E-state index in [0.29, 0.717) is 5.57 Å². The number of allylic oxidation sites excluding steroid dienone is 4. The minimum Gasteiger partial charge on any atom is -0.455 e. The van der Waals surface area contributed by atoms with Crippen molar-refractivity contribution in [3.05, 3.63) is 48.6 Å². The first-order valence-corrected chi connectivity index (χ1v) is 8.11. The average molecular weight is 288 g/mol. The van der Waals surface area contributed by atoms with Crippen molar-refractivity contribution in [3.8, 4) is 0 Å². The Balaban J connectivity index is 1.93. The van der Waals surface area contributed by atoms with Crippen molar-refractivity contribution in [1.29, 1.82) is 0 Å². The smallest absolute Gasteiger partial charge is 0.338 e. The molecule has 0 amide bonds. The summed E-state index contributed by atoms with van der Waals surface area (Å²) in [7, 11) is 0. The maximum atomic E-state index is 11.4. The lowest BCUT2D eigenvalue weighted by Gasteiger charge is -1.99. The highest BCUT2D eigenvalue weighted by atomic mass is 16.5. The van der Waals surface area contributed by atoms with Crippen LogP contribution in [-0.2, 0) is 9.53 Å². The topological polar surface area (TPSA) is 26.3 Å². The lowest BCUT2D eigenvalue weighted by Crippen LogP contribution is -2.02. The third-order valence-corrected chi connectivity index (χ3v) is 3.50. The van der Waals surface area contributed by atoms with Gasteiger partial charge in [0.05, 0.1) is 5.57 Å². The van der Waals surface area contributed by atoms with Gasteiger partial charge < -0.3 is 4.74 Å². The molecule has 0 N–H and O–H groups in total. The van der Waals surface area contributed by atoms with Gasteiger partial charge in [0.1, 0.15) is 6.10 Å². The number of ether oxygens (including phenoxy) is 1. The van der Waals surface area contributed by atoms with Crippen molar-refractivity contribution in [2.75, 3.05) is 0 Å². The van der Waals surface area contributed by atoms with Crippen LogP contribution in [0, 0.1) is 0 Å². The number of hydrogen-bond donors (Lipinski definition) is 0. The summed E-state index contributed by atoms with van der Waals surface area (Å²) in [6, 6.07) is 0. The number of rotatable bonds is 11. The predicted octanol–water partition coefficient (Wildman–Crippen LogP) is 5.28. The molecule has 0 aromatic heterocycles. The van der Waals surface area contributed by atoms with Crippen molar-refractivity contribution in [3.63, 3.8) is 0 Å². The first kappa shape index (κ1) is 17.5. The van der Waals surface area contributed by atoms with Crippen molar-refractivity contribution < 1.29 is 9.53 Å². The molecule has 1 aliphatic rings. The van der Waals surface area contributed by atoms with Crippen LogP contribution in [0.4, 0.5) is 0 Å². The van der Waals surface area contributed by atoms with Gasteiger partial charge in [0.25, 0.3) is 0 Å². The molecule has 0 aliphatic carbocycles. The fourth-order valence-corrected chi connectivity index (χ4v) is 2.35. The molecular formula is C19H28O2. The third-order valence-electron chi connectivity index (χ3n) is 3.50. The number of unbranched alkanes of at least 4 members (excludes halogenated alkanes) is 7. The fourth-order valence-electron chi connectivity index (χ4n) is 2.35. The van der Waals surface area contributed by atoms with Crippen LogP contribution in [0.5, 0.6) is 0 Å². The summed E-state index contributed by atoms with van der Waals surface area (Å²) in [5, 5.41) is 0. The van der Waals surface area contributed by atoms with Gasteiger partial charge in [-0.1, -0.05) is 62.6 Å². The van der Waals surface area contributed by atoms with Gasteiger partial charge in [0, 0.05) is 0 Å². The molecule has 0 fully saturated rings. The van der Waals surface area contributed by atoms with Gasteiger partial charge in [-0.2, -0.15) is 0 Å². The normalized spacial score (nSPS) is 18.4. The minimum atomic E-state index is -0.191. The van der Waals surface area contributed by atoms with Crippen LogP contribution in [0.1, 0.15) is 58.3 Å². The van der Waals surface area contributed by atoms with E-state index in [1.807, 2.05) is 31.2 Å². The Labute approximate surface area is 129 Å². The van der Waals surface area contributed by atoms with Crippen molar-refractivity contribution >= 4 is 5.97 Å². The monoisotopic (exact) mass is 288 g/mol. The lowest BCUT2D eigenvalue weighted by molar-refractivity contribution is -0.138. The Morgan fingerprint density at radius 2 is 1.71 bits per heavy atom. The Morgan fingerprint density at radius 3 is 2.29 bits per heavy atom. The average Bonchev–Trinajstić information content (AvgIpc) is 2.78. The molecule has 2 nitrogen and oxygen atoms in total. The molecule has 0 radical (unpaired) electrons. The molecule has 2 heteroatoms. The summed E-state index contributed by atoms with van der Waals surface area (Å²) in [5.41, 5.74) is 0.704. The Morgan fingerprint density at radius 1 is 1.10 bits per heavy atom. The van der Waals surface area contributed by atoms with Gasteiger partial charge in [0.2, 0.25) is 0 Å². The fraction of sp³-hybridized carbons (Fsp3) is 0.526. The van der Waals surface area contributed by atoms with Crippen LogP contribution in [0.2, 0.25) is 0 Å². The second kappa shape index (κ2) is 11.1. The first-order valence-electron chi connectivity index (χ1n) is 8.11. The van der Waals surface area contributed by atoms with Gasteiger partial charge in [-0.3, -0.25) is 0 Å². The Bertz CT molecular complexity index is 402. The molecule has 1 aliphatic heterocycles. The zero-order chi connectivity index (χ0) is 15.3. The van der Waals surface area contributed by atoms with E-state index in [9.17, 15) is 4.79 Å². The van der Waals surface area contributed by atoms with E-state index >= 15 is 0 Å². The maximum Gasteiger partial charge on any atom is 0.338 e. The quantitative estimate of drug-likeness (QED) is 0.294. The van der Waals surface area contributed by atoms with Crippen LogP contribution in [0.3, 0.4) is 0 Å². The second-order valence-electron chi connectivity index (χ2n) is 5.50. The van der Waals surface area contributed by atoms with Crippen molar-refractivity contribution in [2.45, 2.75) is 64.4 Å². The summed E-state index contributed by atoms with van der Waals surface area (Å²) >= 11 is 0. The molecule has 0 spiro atoms. The number of esters is 1. The van der Waals surface area contributed by atoms with E-state index < -0.39 is 0 Å². The molecular weight excluding hydrogens is 260 g/mol. The Hall–Kier alpha value is -1.57. The zero-order valence-electron chi connectivity index (χ0n) is 13.2. The summed E-state index contributed by atoms with van der Waals surface area (Å²) in [4.78, 5) is 11.4. The highest BCUT2D eigenvalue weighted by molar-refractivity contribution is 5.93. The summed E-state index contributed by atoms with van der Waals surface area (Å²) < 4.78 is 5.04. The van der Waals surface area contributed by atoms with Gasteiger partial charge in [0.15, 0.2) is 0 Å². The summed E-state index contributed by atoms with van der Waals surface area (Å²) in [6.07, 6.45) is 21.7. The number of cyclic esters (lactones) is 1. The van der Waals surface area contributed by atoms with Crippen LogP contribution in [0.15, 0.2) is 48.6 Å². The van der Waals surface area contributed by atoms with Crippen molar-refractivity contribution in [1.82, 2.24) is 0 Å². The molecule has 116 valence electrons. The standard InChI is InChI=1S/C19H28O2/c1-3-4-5-6-7-8-9-10-11-12-13-14-15-18-16-17(2)21-19(18)20/h3-5,14-17H,1,6-13H2,2H3/b5-4+,15-14+/t17-/m1/s1. The van der Waals surface area contributed by atoms with E-state index in [1.54, 1.807) is 0 Å². The van der Waals surface area contributed by atoms with Crippen LogP contribution in [-0.4, -0.2) is 12.1 Å². The molecule has 21 heavy (non-hydrogen) atoms. The van der Waals surface area contributed by atoms with E-state index in [0.717, 1.165) is 6.42 Å². The highest BCUT2D eigenvalue weighted by Gasteiger charge is 2.19. The largest absolute Gasteiger partial charge is 0.455 e. The molecule has 0 bridgehead atoms. The Kier molecular flexibility index (Phi) is 9.26. The third kappa shape index (κ3) is 8.34. The van der Waals surface area contributed by atoms with Gasteiger partial charge in [-0.15, -0.1) is 0 Å². The van der Waals surface area contributed by atoms with Gasteiger partial charge >= 0.3 is 5.97 Å². The molecule has 1 rings (SSSR count). The molecule has 0 unspecified atom stereocenters. The molecule has 1 atom stereocenters. The molecule has 0 saturated heterocycles. The number of carbonyl (C=O) groups excluding carboxylic acids is 1. The van der Waals surface area contributed by atoms with Gasteiger partial charge in [-0.25, -0.2) is 4.79 Å². The van der Waals surface area contributed by atoms with E-state index in [4.69, 9.17) is 4.74 Å². The molecule has 0 saturated carbocycles. The lowest BCUT2D eigenvalue weighted by atomic mass is 10.1. The predicted molar refractivity (Wildman–Crippen MR) is 89.1 cm³/mol. The SMILES string of the molecule is C=C/C=C/CCCCCCCC/C=C/C1=C[C@@H](C)OC1=O. The van der Waals surface area contributed by atoms with Gasteiger partial charge in [-0.05, 0) is 38.7 Å². The molecule has 1 heterocycles.